The lowest BCUT2D eigenvalue weighted by Crippen LogP contribution is -2.39. The molecule has 0 aromatic carbocycles. The van der Waals surface area contributed by atoms with Gasteiger partial charge in [-0.1, -0.05) is 39.0 Å². The van der Waals surface area contributed by atoms with Gasteiger partial charge in [0.25, 0.3) is 5.97 Å². The molecule has 0 rings (SSSR count). The van der Waals surface area contributed by atoms with Crippen LogP contribution in [0.25, 0.3) is 0 Å². The molecule has 0 aliphatic heterocycles. The third kappa shape index (κ3) is 12.5. The highest BCUT2D eigenvalue weighted by Crippen LogP contribution is 2.25. The molecule has 0 heterocycles. The summed E-state index contributed by atoms with van der Waals surface area (Å²) in [6, 6.07) is -0.432. The summed E-state index contributed by atoms with van der Waals surface area (Å²) in [6.07, 6.45) is 9.97. The van der Waals surface area contributed by atoms with Crippen LogP contribution in [0.15, 0.2) is 0 Å². The molecule has 0 aromatic rings. The lowest BCUT2D eigenvalue weighted by atomic mass is 9.92. The third-order valence-corrected chi connectivity index (χ3v) is 4.47. The minimum Gasteiger partial charge on any atom is -0.352 e. The molecule has 0 saturated heterocycles. The van der Waals surface area contributed by atoms with E-state index in [0.717, 1.165) is 38.0 Å². The normalized spacial score (nSPS) is 12.9. The zero-order valence-electron chi connectivity index (χ0n) is 17.5. The molecule has 1 atom stereocenters. The van der Waals surface area contributed by atoms with Crippen LogP contribution in [0.5, 0.6) is 0 Å². The first kappa shape index (κ1) is 25.1. The molecular formula is C20H42N2O4. The fourth-order valence-electron chi connectivity index (χ4n) is 3.40. The third-order valence-electron chi connectivity index (χ3n) is 4.47. The highest BCUT2D eigenvalue weighted by molar-refractivity contribution is 5.71. The Kier molecular flexibility index (Phi) is 15.8. The maximum Gasteiger partial charge on any atom is 0.312 e. The molecule has 0 spiro atoms. The minimum absolute atomic E-state index is 0.432. The predicted octanol–water partition coefficient (Wildman–Crippen LogP) is 4.57. The second kappa shape index (κ2) is 16.3. The number of urea groups is 1. The zero-order chi connectivity index (χ0) is 19.7. The SMILES string of the molecule is CCCC(CCCCCC(OCC)(OCC)OCC)CCCNC(N)=O. The number of nitrogens with one attached hydrogen (secondary N) is 1. The van der Waals surface area contributed by atoms with E-state index in [-0.39, 0.29) is 0 Å². The van der Waals surface area contributed by atoms with Gasteiger partial charge in [-0.2, -0.15) is 0 Å². The Morgan fingerprint density at radius 3 is 1.96 bits per heavy atom. The van der Waals surface area contributed by atoms with Crippen LogP contribution in [0.1, 0.15) is 85.5 Å². The Balaban J connectivity index is 4.13. The second-order valence-electron chi connectivity index (χ2n) is 6.67. The van der Waals surface area contributed by atoms with E-state index in [0.29, 0.717) is 26.4 Å². The summed E-state index contributed by atoms with van der Waals surface area (Å²) in [4.78, 5) is 10.7. The molecule has 0 bridgehead atoms. The standard InChI is InChI=1S/C20H42N2O4/c1-5-13-18(15-12-17-22-19(21)23)14-10-9-11-16-20(24-6-2,25-7-3)26-8-4/h18H,5-17H2,1-4H3,(H3,21,22,23). The number of hydrogen-bond acceptors (Lipinski definition) is 4. The van der Waals surface area contributed by atoms with Gasteiger partial charge in [-0.25, -0.2) is 4.79 Å². The van der Waals surface area contributed by atoms with Crippen LogP contribution >= 0.6 is 0 Å². The van der Waals surface area contributed by atoms with Crippen molar-refractivity contribution in [1.82, 2.24) is 5.32 Å². The summed E-state index contributed by atoms with van der Waals surface area (Å²) in [5, 5.41) is 2.67. The van der Waals surface area contributed by atoms with Gasteiger partial charge in [-0.05, 0) is 46.0 Å². The van der Waals surface area contributed by atoms with E-state index in [9.17, 15) is 4.79 Å². The van der Waals surface area contributed by atoms with E-state index >= 15 is 0 Å². The molecule has 0 aromatic heterocycles. The van der Waals surface area contributed by atoms with Crippen LogP contribution in [-0.4, -0.2) is 38.4 Å². The summed E-state index contributed by atoms with van der Waals surface area (Å²) in [6.45, 7) is 10.6. The molecule has 6 heteroatoms. The highest BCUT2D eigenvalue weighted by Gasteiger charge is 2.31. The van der Waals surface area contributed by atoms with Crippen LogP contribution in [0, 0.1) is 5.92 Å². The number of rotatable bonds is 18. The minimum atomic E-state index is -0.874. The first-order chi connectivity index (χ1) is 12.5. The largest absolute Gasteiger partial charge is 0.352 e. The van der Waals surface area contributed by atoms with Gasteiger partial charge in [-0.15, -0.1) is 0 Å². The molecule has 0 radical (unpaired) electrons. The highest BCUT2D eigenvalue weighted by atomic mass is 16.9. The Morgan fingerprint density at radius 1 is 0.885 bits per heavy atom. The average molecular weight is 375 g/mol. The fourth-order valence-corrected chi connectivity index (χ4v) is 3.40. The van der Waals surface area contributed by atoms with E-state index in [4.69, 9.17) is 19.9 Å². The summed E-state index contributed by atoms with van der Waals surface area (Å²) >= 11 is 0. The van der Waals surface area contributed by atoms with Crippen LogP contribution in [0.3, 0.4) is 0 Å². The number of hydrogen-bond donors (Lipinski definition) is 2. The maximum absolute atomic E-state index is 10.7. The van der Waals surface area contributed by atoms with Crippen LogP contribution in [0.2, 0.25) is 0 Å². The van der Waals surface area contributed by atoms with Gasteiger partial charge in [-0.3, -0.25) is 0 Å². The van der Waals surface area contributed by atoms with Crippen molar-refractivity contribution in [3.8, 4) is 0 Å². The number of ether oxygens (including phenoxy) is 3. The molecule has 0 aliphatic carbocycles. The van der Waals surface area contributed by atoms with Gasteiger partial charge in [0.2, 0.25) is 0 Å². The number of carbonyl (C=O) groups is 1. The Hall–Kier alpha value is -0.850. The van der Waals surface area contributed by atoms with Crippen LogP contribution in [0.4, 0.5) is 4.79 Å². The van der Waals surface area contributed by atoms with Crippen LogP contribution < -0.4 is 11.1 Å². The predicted molar refractivity (Wildman–Crippen MR) is 106 cm³/mol. The van der Waals surface area contributed by atoms with Gasteiger partial charge in [0.1, 0.15) is 0 Å². The fraction of sp³-hybridized carbons (Fsp3) is 0.950. The average Bonchev–Trinajstić information content (AvgIpc) is 2.58. The Labute approximate surface area is 160 Å². The van der Waals surface area contributed by atoms with Gasteiger partial charge in [0.15, 0.2) is 0 Å². The number of nitrogens with two attached hydrogens (primary N) is 1. The molecule has 2 amide bonds. The van der Waals surface area contributed by atoms with Crippen molar-refractivity contribution >= 4 is 6.03 Å². The molecule has 6 nitrogen and oxygen atoms in total. The number of primary amides is 1. The number of unbranched alkanes of at least 4 members (excludes halogenated alkanes) is 2. The summed E-state index contributed by atoms with van der Waals surface area (Å²) < 4.78 is 17.3. The lowest BCUT2D eigenvalue weighted by Gasteiger charge is -2.32. The van der Waals surface area contributed by atoms with Gasteiger partial charge < -0.3 is 25.3 Å². The summed E-state index contributed by atoms with van der Waals surface area (Å²) in [5.41, 5.74) is 5.10. The number of carbonyl (C=O) groups excluding carboxylic acids is 1. The molecule has 1 unspecified atom stereocenters. The monoisotopic (exact) mass is 374 g/mol. The van der Waals surface area contributed by atoms with Crippen molar-refractivity contribution in [1.29, 1.82) is 0 Å². The van der Waals surface area contributed by atoms with E-state index in [1.54, 1.807) is 0 Å². The van der Waals surface area contributed by atoms with Crippen molar-refractivity contribution in [2.75, 3.05) is 26.4 Å². The van der Waals surface area contributed by atoms with E-state index in [1.165, 1.54) is 25.7 Å². The molecular weight excluding hydrogens is 332 g/mol. The van der Waals surface area contributed by atoms with E-state index < -0.39 is 12.0 Å². The van der Waals surface area contributed by atoms with Crippen LogP contribution in [-0.2, 0) is 14.2 Å². The Morgan fingerprint density at radius 2 is 1.46 bits per heavy atom. The smallest absolute Gasteiger partial charge is 0.312 e. The van der Waals surface area contributed by atoms with E-state index in [2.05, 4.69) is 12.2 Å². The first-order valence-electron chi connectivity index (χ1n) is 10.5. The molecule has 0 saturated carbocycles. The summed E-state index contributed by atoms with van der Waals surface area (Å²) in [5.74, 6) is -0.147. The van der Waals surface area contributed by atoms with Crippen molar-refractivity contribution < 1.29 is 19.0 Å². The molecule has 3 N–H and O–H groups in total. The van der Waals surface area contributed by atoms with Crippen molar-refractivity contribution in [3.05, 3.63) is 0 Å². The zero-order valence-corrected chi connectivity index (χ0v) is 17.5. The maximum atomic E-state index is 10.7. The van der Waals surface area contributed by atoms with Crippen molar-refractivity contribution in [3.63, 3.8) is 0 Å². The van der Waals surface area contributed by atoms with E-state index in [1.807, 2.05) is 20.8 Å². The first-order valence-corrected chi connectivity index (χ1v) is 10.5. The topological polar surface area (TPSA) is 82.8 Å². The lowest BCUT2D eigenvalue weighted by molar-refractivity contribution is -0.380. The second-order valence-corrected chi connectivity index (χ2v) is 6.67. The van der Waals surface area contributed by atoms with Gasteiger partial charge >= 0.3 is 6.03 Å². The van der Waals surface area contributed by atoms with Crippen molar-refractivity contribution in [2.45, 2.75) is 91.5 Å². The molecule has 156 valence electrons. The molecule has 0 fully saturated rings. The van der Waals surface area contributed by atoms with Crippen molar-refractivity contribution in [2.24, 2.45) is 11.7 Å². The van der Waals surface area contributed by atoms with Gasteiger partial charge in [0, 0.05) is 32.8 Å². The number of amides is 2. The van der Waals surface area contributed by atoms with Gasteiger partial charge in [0.05, 0.1) is 0 Å². The Bertz CT molecular complexity index is 323. The quantitative estimate of drug-likeness (QED) is 0.272. The molecule has 0 aliphatic rings. The molecule has 26 heavy (non-hydrogen) atoms. The summed E-state index contributed by atoms with van der Waals surface area (Å²) in [7, 11) is 0.